The summed E-state index contributed by atoms with van der Waals surface area (Å²) in [5, 5.41) is 0. The Morgan fingerprint density at radius 1 is 1.00 bits per heavy atom. The summed E-state index contributed by atoms with van der Waals surface area (Å²) in [6.07, 6.45) is 0. The van der Waals surface area contributed by atoms with Gasteiger partial charge in [-0.1, -0.05) is 0 Å². The van der Waals surface area contributed by atoms with Gasteiger partial charge in [0.1, 0.15) is 0 Å². The van der Waals surface area contributed by atoms with Gasteiger partial charge in [-0.2, -0.15) is 13.5 Å². The first kappa shape index (κ1) is 75.7. The van der Waals surface area contributed by atoms with Crippen LogP contribution in [0.25, 0.3) is 0 Å². The fraction of sp³-hybridized carbons (Fsp3) is 0. The Kier molecular flexibility index (Phi) is 554. The van der Waals surface area contributed by atoms with Crippen molar-refractivity contribution in [2.45, 2.75) is 0 Å². The minimum atomic E-state index is 0. The zero-order valence-corrected chi connectivity index (χ0v) is 19.9. The molecule has 8 heavy (non-hydrogen) atoms. The molecule has 0 atom stereocenters. The maximum Gasteiger partial charge on any atom is 0 e. The molecule has 8 heteroatoms. The van der Waals surface area contributed by atoms with E-state index in [4.69, 9.17) is 0 Å². The Balaban J connectivity index is 0. The van der Waals surface area contributed by atoms with Crippen molar-refractivity contribution < 1.29 is 115 Å². The molecule has 0 aliphatic heterocycles. The van der Waals surface area contributed by atoms with Crippen LogP contribution >= 0.6 is 13.5 Å². The van der Waals surface area contributed by atoms with Gasteiger partial charge in [-0.3, -0.25) is 0 Å². The van der Waals surface area contributed by atoms with E-state index in [-0.39, 0.29) is 156 Å². The van der Waals surface area contributed by atoms with Gasteiger partial charge in [0, 0.05) is 115 Å². The van der Waals surface area contributed by atoms with Crippen LogP contribution in [0.4, 0.5) is 0 Å². The molecular weight excluding hydrogens is 784 g/mol. The summed E-state index contributed by atoms with van der Waals surface area (Å²) in [4.78, 5) is 0. The molecule has 0 nitrogen and oxygen atoms in total. The second-order valence-corrected chi connectivity index (χ2v) is 0. The van der Waals surface area contributed by atoms with Gasteiger partial charge < -0.3 is 0 Å². The van der Waals surface area contributed by atoms with Crippen LogP contribution in [0.3, 0.4) is 0 Å². The van der Waals surface area contributed by atoms with Gasteiger partial charge in [-0.25, -0.2) is 0 Å². The Bertz CT molecular complexity index is 24.0. The average Bonchev–Trinajstić information content (AvgIpc) is 0. The fourth-order valence-corrected chi connectivity index (χ4v) is 0. The molecule has 0 spiro atoms. The van der Waals surface area contributed by atoms with Crippen molar-refractivity contribution in [3.05, 3.63) is 0 Å². The first-order valence-electron chi connectivity index (χ1n) is 0. The van der Waals surface area contributed by atoms with Crippen LogP contribution < -0.4 is 0 Å². The molecule has 0 fully saturated rings. The van der Waals surface area contributed by atoms with E-state index in [1.54, 1.807) is 0 Å². The van der Waals surface area contributed by atoms with Crippen LogP contribution in [0.5, 0.6) is 0 Å². The summed E-state index contributed by atoms with van der Waals surface area (Å²) >= 11 is 0. The molecule has 0 N–H and O–H groups in total. The predicted octanol–water partition coefficient (Wildman–Crippen LogP) is -0.818. The van der Waals surface area contributed by atoms with Gasteiger partial charge in [0.05, 0.1) is 0 Å². The molecule has 0 aromatic carbocycles. The third-order valence-corrected chi connectivity index (χ3v) is 0. The fourth-order valence-electron chi connectivity index (χ4n) is 0. The van der Waals surface area contributed by atoms with Gasteiger partial charge >= 0.3 is 27.3 Å². The zero-order valence-electron chi connectivity index (χ0n) is 3.55. The third kappa shape index (κ3) is 44.3. The zero-order chi connectivity index (χ0) is 0. The topological polar surface area (TPSA) is 0 Å². The van der Waals surface area contributed by atoms with E-state index in [1.165, 1.54) is 0 Å². The Hall–Kier alpha value is 4.93. The maximum atomic E-state index is 0. The smallest absolute Gasteiger partial charge is 0 e. The minimum Gasteiger partial charge on any atom is 0 e. The molecule has 0 aromatic rings. The predicted molar refractivity (Wildman–Crippen MR) is 18.9 cm³/mol. The molecule has 0 aliphatic rings. The van der Waals surface area contributed by atoms with E-state index in [0.717, 1.165) is 0 Å². The quantitative estimate of drug-likeness (QED) is 0.282. The SMILES string of the molecule is S.[Ag].[Au].[Cu].[Fe].[Mn].[PbH2].[Zn]. The van der Waals surface area contributed by atoms with Crippen molar-refractivity contribution in [3.8, 4) is 0 Å². The van der Waals surface area contributed by atoms with Gasteiger partial charge in [-0.15, -0.1) is 0 Å². The van der Waals surface area contributed by atoms with Gasteiger partial charge in [0.25, 0.3) is 0 Å². The van der Waals surface area contributed by atoms with Gasteiger partial charge in [0.15, 0.2) is 0 Å². The van der Waals surface area contributed by atoms with Crippen LogP contribution in [0, 0.1) is 0 Å². The van der Waals surface area contributed by atoms with E-state index in [2.05, 4.69) is 0 Å². The Morgan fingerprint density at radius 3 is 1.00 bits per heavy atom. The minimum absolute atomic E-state index is 0. The van der Waals surface area contributed by atoms with Gasteiger partial charge in [0.2, 0.25) is 0 Å². The maximum absolute atomic E-state index is 0. The van der Waals surface area contributed by atoms with Gasteiger partial charge in [-0.05, 0) is 0 Å². The Labute approximate surface area is 153 Å². The molecule has 0 amide bonds. The number of hydrogen-bond acceptors (Lipinski definition) is 0. The molecule has 0 saturated heterocycles. The van der Waals surface area contributed by atoms with Crippen molar-refractivity contribution in [1.29, 1.82) is 0 Å². The van der Waals surface area contributed by atoms with E-state index in [9.17, 15) is 0 Å². The number of rotatable bonds is 0. The number of hydrogen-bond donors (Lipinski definition) is 0. The molecule has 64 valence electrons. The molecular formula is H4AgAuCuFeMnPbSZn. The summed E-state index contributed by atoms with van der Waals surface area (Å²) in [7, 11) is 0. The molecule has 0 bridgehead atoms. The standard InChI is InChI=1S/Ag.Au.Cu.Fe.Mn.Pb.H2S.Zn.2H/h;;;;;;1H2;;;. The summed E-state index contributed by atoms with van der Waals surface area (Å²) in [6, 6.07) is 0. The Morgan fingerprint density at radius 2 is 1.00 bits per heavy atom. The van der Waals surface area contributed by atoms with Crippen LogP contribution in [-0.2, 0) is 115 Å². The van der Waals surface area contributed by atoms with Crippen molar-refractivity contribution in [2.75, 3.05) is 0 Å². The molecule has 0 heterocycles. The monoisotopic (exact) mass is 786 g/mol. The van der Waals surface area contributed by atoms with Crippen molar-refractivity contribution in [3.63, 3.8) is 0 Å². The second kappa shape index (κ2) is 58.6. The summed E-state index contributed by atoms with van der Waals surface area (Å²) in [5.41, 5.74) is 0. The molecule has 0 saturated carbocycles. The normalized spacial score (nSPS) is 0. The van der Waals surface area contributed by atoms with E-state index in [1.807, 2.05) is 0 Å². The van der Waals surface area contributed by atoms with E-state index < -0.39 is 0 Å². The second-order valence-electron chi connectivity index (χ2n) is 0. The molecule has 6 radical (unpaired) electrons. The first-order valence-corrected chi connectivity index (χ1v) is 0. The first-order chi connectivity index (χ1) is 0. The van der Waals surface area contributed by atoms with Crippen molar-refractivity contribution in [2.24, 2.45) is 0 Å². The third-order valence-electron chi connectivity index (χ3n) is 0. The molecule has 0 unspecified atom stereocenters. The summed E-state index contributed by atoms with van der Waals surface area (Å²) in [6.45, 7) is 0. The van der Waals surface area contributed by atoms with Crippen molar-refractivity contribution >= 4 is 40.8 Å². The van der Waals surface area contributed by atoms with Crippen LogP contribution in [0.2, 0.25) is 0 Å². The van der Waals surface area contributed by atoms with Crippen LogP contribution in [0.15, 0.2) is 0 Å². The van der Waals surface area contributed by atoms with Crippen molar-refractivity contribution in [1.82, 2.24) is 0 Å². The molecule has 0 rings (SSSR count). The van der Waals surface area contributed by atoms with Crippen LogP contribution in [0.1, 0.15) is 0 Å². The van der Waals surface area contributed by atoms with E-state index >= 15 is 0 Å². The summed E-state index contributed by atoms with van der Waals surface area (Å²) < 4.78 is 0. The molecule has 0 aromatic heterocycles. The average molecular weight is 788 g/mol. The van der Waals surface area contributed by atoms with E-state index in [0.29, 0.717) is 0 Å². The summed E-state index contributed by atoms with van der Waals surface area (Å²) in [5.74, 6) is 0. The van der Waals surface area contributed by atoms with Crippen LogP contribution in [-0.4, -0.2) is 27.3 Å². The largest absolute Gasteiger partial charge is 0 e. The molecule has 0 aliphatic carbocycles.